The summed E-state index contributed by atoms with van der Waals surface area (Å²) in [5.74, 6) is -0.536. The number of carbonyl (C=O) groups excluding carboxylic acids is 2. The van der Waals surface area contributed by atoms with Crippen LogP contribution in [0.15, 0.2) is 6.07 Å². The number of piperidine rings is 1. The number of amides is 1. The number of carbonyl (C=O) groups is 2. The molecule has 2 aliphatic rings. The van der Waals surface area contributed by atoms with Crippen LogP contribution < -0.4 is 5.32 Å². The molecular weight excluding hydrogens is 414 g/mol. The predicted octanol–water partition coefficient (Wildman–Crippen LogP) is 4.14. The van der Waals surface area contributed by atoms with Crippen molar-refractivity contribution < 1.29 is 19.1 Å². The summed E-state index contributed by atoms with van der Waals surface area (Å²) in [7, 11) is 0. The fraction of sp³-hybridized carbons (Fsp3) is 0.609. The first-order valence-electron chi connectivity index (χ1n) is 11.2. The minimum Gasteiger partial charge on any atom is -0.462 e. The lowest BCUT2D eigenvalue weighted by molar-refractivity contribution is -0.117. The number of rotatable bonds is 6. The highest BCUT2D eigenvalue weighted by Crippen LogP contribution is 2.39. The van der Waals surface area contributed by atoms with Crippen LogP contribution in [0, 0.1) is 0 Å². The highest BCUT2D eigenvalue weighted by Gasteiger charge is 2.32. The molecule has 0 aliphatic carbocycles. The topological polar surface area (TPSA) is 80.8 Å². The van der Waals surface area contributed by atoms with Crippen LogP contribution in [0.3, 0.4) is 0 Å². The molecule has 4 heterocycles. The molecule has 0 radical (unpaired) electrons. The van der Waals surface area contributed by atoms with E-state index in [1.807, 2.05) is 6.07 Å². The summed E-state index contributed by atoms with van der Waals surface area (Å²) in [6, 6.07) is 2.02. The molecule has 2 aromatic rings. The molecule has 0 spiro atoms. The number of anilines is 1. The predicted molar refractivity (Wildman–Crippen MR) is 122 cm³/mol. The van der Waals surface area contributed by atoms with Crippen molar-refractivity contribution in [3.63, 3.8) is 0 Å². The van der Waals surface area contributed by atoms with Crippen LogP contribution in [-0.2, 0) is 27.3 Å². The Morgan fingerprint density at radius 2 is 2.06 bits per heavy atom. The van der Waals surface area contributed by atoms with Crippen LogP contribution in [0.5, 0.6) is 0 Å². The van der Waals surface area contributed by atoms with Gasteiger partial charge in [0.25, 0.3) is 0 Å². The minimum atomic E-state index is -0.425. The average molecular weight is 446 g/mol. The number of nitrogens with one attached hydrogen (secondary N) is 1. The summed E-state index contributed by atoms with van der Waals surface area (Å²) in [4.78, 5) is 33.7. The molecule has 1 amide bonds. The van der Waals surface area contributed by atoms with E-state index in [4.69, 9.17) is 14.5 Å². The van der Waals surface area contributed by atoms with Gasteiger partial charge in [-0.15, -0.1) is 11.3 Å². The zero-order chi connectivity index (χ0) is 22.0. The monoisotopic (exact) mass is 445 g/mol. The van der Waals surface area contributed by atoms with Crippen LogP contribution >= 0.6 is 11.3 Å². The molecule has 7 nitrogen and oxygen atoms in total. The summed E-state index contributed by atoms with van der Waals surface area (Å²) >= 11 is 1.29. The number of esters is 1. The van der Waals surface area contributed by atoms with Crippen molar-refractivity contribution in [1.82, 2.24) is 9.88 Å². The van der Waals surface area contributed by atoms with Gasteiger partial charge in [0.15, 0.2) is 0 Å². The number of fused-ring (bicyclic) bond motifs is 2. The van der Waals surface area contributed by atoms with E-state index >= 15 is 0 Å². The number of pyridine rings is 1. The lowest BCUT2D eigenvalue weighted by Crippen LogP contribution is -2.37. The lowest BCUT2D eigenvalue weighted by Gasteiger charge is -2.33. The Morgan fingerprint density at radius 3 is 2.77 bits per heavy atom. The Balaban J connectivity index is 1.67. The van der Waals surface area contributed by atoms with E-state index in [1.54, 1.807) is 6.92 Å². The fourth-order valence-electron chi connectivity index (χ4n) is 4.23. The van der Waals surface area contributed by atoms with Crippen LogP contribution in [-0.4, -0.2) is 53.6 Å². The summed E-state index contributed by atoms with van der Waals surface area (Å²) in [6.07, 6.45) is 5.10. The smallest absolute Gasteiger partial charge is 0.350 e. The molecule has 2 aromatic heterocycles. The molecule has 0 aromatic carbocycles. The van der Waals surface area contributed by atoms with Gasteiger partial charge in [-0.05, 0) is 52.3 Å². The second kappa shape index (κ2) is 9.22. The van der Waals surface area contributed by atoms with Gasteiger partial charge in [-0.2, -0.15) is 0 Å². The number of ether oxygens (including phenoxy) is 2. The maximum absolute atomic E-state index is 12.8. The Labute approximate surface area is 187 Å². The van der Waals surface area contributed by atoms with Crippen molar-refractivity contribution in [2.75, 3.05) is 31.6 Å². The second-order valence-corrected chi connectivity index (χ2v) is 9.63. The first-order chi connectivity index (χ1) is 14.9. The van der Waals surface area contributed by atoms with E-state index in [-0.39, 0.29) is 18.1 Å². The van der Waals surface area contributed by atoms with E-state index < -0.39 is 5.97 Å². The third-order valence-corrected chi connectivity index (χ3v) is 7.34. The molecular formula is C23H31N3O4S. The van der Waals surface area contributed by atoms with E-state index in [2.05, 4.69) is 24.1 Å². The van der Waals surface area contributed by atoms with Gasteiger partial charge in [0.1, 0.15) is 9.71 Å². The maximum Gasteiger partial charge on any atom is 0.350 e. The zero-order valence-corrected chi connectivity index (χ0v) is 19.4. The van der Waals surface area contributed by atoms with Gasteiger partial charge in [0.2, 0.25) is 5.91 Å². The van der Waals surface area contributed by atoms with Gasteiger partial charge in [-0.25, -0.2) is 9.78 Å². The van der Waals surface area contributed by atoms with Crippen molar-refractivity contribution in [2.24, 2.45) is 0 Å². The van der Waals surface area contributed by atoms with E-state index in [1.165, 1.54) is 17.8 Å². The SMILES string of the molecule is CCOC(=O)c1sc2nc3c(cc2c1NC(=O)CN1CCCCC1)COC(C)(CC)C3. The molecule has 1 N–H and O–H groups in total. The van der Waals surface area contributed by atoms with Gasteiger partial charge >= 0.3 is 5.97 Å². The number of hydrogen-bond donors (Lipinski definition) is 1. The van der Waals surface area contributed by atoms with Crippen molar-refractivity contribution in [2.45, 2.75) is 65.1 Å². The highest BCUT2D eigenvalue weighted by atomic mass is 32.1. The molecule has 0 bridgehead atoms. The third-order valence-electron chi connectivity index (χ3n) is 6.26. The van der Waals surface area contributed by atoms with E-state index in [9.17, 15) is 9.59 Å². The molecule has 1 fully saturated rings. The number of hydrogen-bond acceptors (Lipinski definition) is 7. The quantitative estimate of drug-likeness (QED) is 0.673. The second-order valence-electron chi connectivity index (χ2n) is 8.63. The Morgan fingerprint density at radius 1 is 1.29 bits per heavy atom. The molecule has 0 saturated carbocycles. The third kappa shape index (κ3) is 4.76. The summed E-state index contributed by atoms with van der Waals surface area (Å²) in [5, 5.41) is 3.78. The van der Waals surface area contributed by atoms with Gasteiger partial charge in [-0.1, -0.05) is 13.3 Å². The van der Waals surface area contributed by atoms with Gasteiger partial charge < -0.3 is 14.8 Å². The summed E-state index contributed by atoms with van der Waals surface area (Å²) in [6.45, 7) is 8.96. The highest BCUT2D eigenvalue weighted by molar-refractivity contribution is 7.21. The standard InChI is InChI=1S/C23H31N3O4S/c1-4-23(3)12-17-15(14-30-23)11-16-19(20(22(28)29-5-2)31-21(16)24-17)25-18(27)13-26-9-7-6-8-10-26/h11H,4-10,12-14H2,1-3H3,(H,25,27). The van der Waals surface area contributed by atoms with Crippen molar-refractivity contribution in [3.8, 4) is 0 Å². The lowest BCUT2D eigenvalue weighted by atomic mass is 9.91. The molecule has 2 aliphatic heterocycles. The maximum atomic E-state index is 12.8. The summed E-state index contributed by atoms with van der Waals surface area (Å²) in [5.41, 5.74) is 2.31. The zero-order valence-electron chi connectivity index (χ0n) is 18.6. The van der Waals surface area contributed by atoms with Gasteiger partial charge in [-0.3, -0.25) is 9.69 Å². The van der Waals surface area contributed by atoms with Gasteiger partial charge in [0.05, 0.1) is 36.7 Å². The Bertz CT molecular complexity index is 983. The molecule has 1 atom stereocenters. The minimum absolute atomic E-state index is 0.111. The number of likely N-dealkylation sites (tertiary alicyclic amines) is 1. The van der Waals surface area contributed by atoms with Crippen molar-refractivity contribution >= 4 is 39.1 Å². The number of aromatic nitrogens is 1. The Kier molecular flexibility index (Phi) is 6.60. The van der Waals surface area contributed by atoms with E-state index in [0.29, 0.717) is 23.7 Å². The average Bonchev–Trinajstić information content (AvgIpc) is 3.10. The largest absolute Gasteiger partial charge is 0.462 e. The fourth-order valence-corrected chi connectivity index (χ4v) is 5.25. The normalized spacial score (nSPS) is 21.6. The molecule has 8 heteroatoms. The first kappa shape index (κ1) is 22.2. The molecule has 1 unspecified atom stereocenters. The molecule has 1 saturated heterocycles. The molecule has 4 rings (SSSR count). The molecule has 168 valence electrons. The number of nitrogens with zero attached hydrogens (tertiary/aromatic N) is 2. The number of thiophene rings is 1. The summed E-state index contributed by atoms with van der Waals surface area (Å²) < 4.78 is 11.3. The van der Waals surface area contributed by atoms with Crippen LogP contribution in [0.1, 0.15) is 67.4 Å². The molecule has 31 heavy (non-hydrogen) atoms. The van der Waals surface area contributed by atoms with Crippen LogP contribution in [0.2, 0.25) is 0 Å². The van der Waals surface area contributed by atoms with Crippen LogP contribution in [0.4, 0.5) is 5.69 Å². The van der Waals surface area contributed by atoms with E-state index in [0.717, 1.165) is 60.2 Å². The Hall–Kier alpha value is -2.03. The van der Waals surface area contributed by atoms with Crippen molar-refractivity contribution in [3.05, 3.63) is 22.2 Å². The first-order valence-corrected chi connectivity index (χ1v) is 12.0. The van der Waals surface area contributed by atoms with Crippen LogP contribution in [0.25, 0.3) is 10.2 Å². The van der Waals surface area contributed by atoms with Crippen molar-refractivity contribution in [1.29, 1.82) is 0 Å². The van der Waals surface area contributed by atoms with Gasteiger partial charge in [0, 0.05) is 17.4 Å².